The van der Waals surface area contributed by atoms with Crippen LogP contribution in [0, 0.1) is 0 Å². The second-order valence-corrected chi connectivity index (χ2v) is 6.56. The first-order valence-electron chi connectivity index (χ1n) is 6.93. The van der Waals surface area contributed by atoms with E-state index in [4.69, 9.17) is 0 Å². The molecular weight excluding hydrogens is 288 g/mol. The van der Waals surface area contributed by atoms with Gasteiger partial charge in [0.25, 0.3) is 0 Å². The number of fused-ring (bicyclic) bond motifs is 2. The highest BCUT2D eigenvalue weighted by Crippen LogP contribution is 2.36. The van der Waals surface area contributed by atoms with Crippen LogP contribution in [-0.2, 0) is 6.54 Å². The van der Waals surface area contributed by atoms with Gasteiger partial charge >= 0.3 is 0 Å². The normalized spacial score (nSPS) is 31.8. The van der Waals surface area contributed by atoms with Crippen molar-refractivity contribution in [3.8, 4) is 0 Å². The van der Waals surface area contributed by atoms with Gasteiger partial charge in [0.2, 0.25) is 0 Å². The van der Waals surface area contributed by atoms with Gasteiger partial charge in [0.05, 0.1) is 0 Å². The Morgan fingerprint density at radius 3 is 2.61 bits per heavy atom. The lowest BCUT2D eigenvalue weighted by Crippen LogP contribution is -2.47. The first kappa shape index (κ1) is 12.6. The molecule has 1 aromatic carbocycles. The summed E-state index contributed by atoms with van der Waals surface area (Å²) in [4.78, 5) is 2.73. The van der Waals surface area contributed by atoms with Crippen molar-refractivity contribution >= 4 is 15.9 Å². The van der Waals surface area contributed by atoms with Crippen LogP contribution in [0.2, 0.25) is 0 Å². The van der Waals surface area contributed by atoms with Crippen LogP contribution in [-0.4, -0.2) is 30.1 Å². The van der Waals surface area contributed by atoms with Crippen LogP contribution >= 0.6 is 15.9 Å². The maximum atomic E-state index is 3.57. The molecule has 0 spiro atoms. The van der Waals surface area contributed by atoms with Crippen molar-refractivity contribution in [2.75, 3.05) is 7.05 Å². The fourth-order valence-corrected chi connectivity index (χ4v) is 4.06. The van der Waals surface area contributed by atoms with E-state index in [2.05, 4.69) is 57.5 Å². The Hall–Kier alpha value is -0.380. The minimum atomic E-state index is 0.737. The van der Waals surface area contributed by atoms with E-state index in [1.54, 1.807) is 0 Å². The van der Waals surface area contributed by atoms with E-state index in [1.807, 2.05) is 0 Å². The zero-order valence-corrected chi connectivity index (χ0v) is 12.5. The minimum absolute atomic E-state index is 0.737. The fourth-order valence-electron chi connectivity index (χ4n) is 3.61. The summed E-state index contributed by atoms with van der Waals surface area (Å²) in [7, 11) is 2.11. The number of hydrogen-bond donors (Lipinski definition) is 1. The molecular formula is C15H21BrN2. The van der Waals surface area contributed by atoms with Gasteiger partial charge in [-0.1, -0.05) is 28.1 Å². The van der Waals surface area contributed by atoms with Crippen molar-refractivity contribution in [1.29, 1.82) is 0 Å². The summed E-state index contributed by atoms with van der Waals surface area (Å²) < 4.78 is 1.19. The minimum Gasteiger partial charge on any atom is -0.317 e. The molecule has 2 fully saturated rings. The molecule has 1 aromatic rings. The zero-order valence-electron chi connectivity index (χ0n) is 10.9. The first-order chi connectivity index (χ1) is 8.76. The molecule has 3 heteroatoms. The summed E-state index contributed by atoms with van der Waals surface area (Å²) in [5.74, 6) is 0. The topological polar surface area (TPSA) is 15.3 Å². The molecule has 2 atom stereocenters. The van der Waals surface area contributed by atoms with Gasteiger partial charge in [-0.05, 0) is 50.4 Å². The Bertz CT molecular complexity index is 407. The van der Waals surface area contributed by atoms with Crippen molar-refractivity contribution in [3.05, 3.63) is 34.3 Å². The third-order valence-electron chi connectivity index (χ3n) is 4.55. The number of halogens is 1. The summed E-state index contributed by atoms with van der Waals surface area (Å²) >= 11 is 3.57. The molecule has 2 nitrogen and oxygen atoms in total. The second-order valence-electron chi connectivity index (χ2n) is 5.64. The van der Waals surface area contributed by atoms with Gasteiger partial charge in [-0.25, -0.2) is 0 Å². The number of piperidine rings is 1. The average molecular weight is 309 g/mol. The number of benzene rings is 1. The van der Waals surface area contributed by atoms with Gasteiger partial charge in [0, 0.05) is 29.1 Å². The summed E-state index contributed by atoms with van der Waals surface area (Å²) in [5.41, 5.74) is 1.43. The van der Waals surface area contributed by atoms with Crippen LogP contribution < -0.4 is 5.32 Å². The predicted molar refractivity (Wildman–Crippen MR) is 78.6 cm³/mol. The standard InChI is InChI=1S/C15H21BrN2/c1-17-13-8-14-5-6-15(9-13)18(14)10-11-3-2-4-12(16)7-11/h2-4,7,13-15,17H,5-6,8-10H2,1H3. The molecule has 2 saturated heterocycles. The molecule has 98 valence electrons. The molecule has 2 aliphatic rings. The Labute approximate surface area is 118 Å². The van der Waals surface area contributed by atoms with Gasteiger partial charge < -0.3 is 5.32 Å². The highest BCUT2D eigenvalue weighted by molar-refractivity contribution is 9.10. The van der Waals surface area contributed by atoms with E-state index in [0.717, 1.165) is 24.7 Å². The summed E-state index contributed by atoms with van der Waals surface area (Å²) in [5, 5.41) is 3.46. The third kappa shape index (κ3) is 2.49. The van der Waals surface area contributed by atoms with Crippen molar-refractivity contribution in [2.24, 2.45) is 0 Å². The molecule has 0 aromatic heterocycles. The Morgan fingerprint density at radius 1 is 1.28 bits per heavy atom. The van der Waals surface area contributed by atoms with Crippen molar-refractivity contribution in [2.45, 2.75) is 50.4 Å². The molecule has 2 heterocycles. The molecule has 0 aliphatic carbocycles. The molecule has 18 heavy (non-hydrogen) atoms. The van der Waals surface area contributed by atoms with E-state index in [0.29, 0.717) is 0 Å². The van der Waals surface area contributed by atoms with Gasteiger partial charge in [-0.3, -0.25) is 4.90 Å². The van der Waals surface area contributed by atoms with E-state index in [-0.39, 0.29) is 0 Å². The third-order valence-corrected chi connectivity index (χ3v) is 5.04. The number of rotatable bonds is 3. The summed E-state index contributed by atoms with van der Waals surface area (Å²) in [6.07, 6.45) is 5.41. The number of hydrogen-bond acceptors (Lipinski definition) is 2. The van der Waals surface area contributed by atoms with Crippen LogP contribution in [0.5, 0.6) is 0 Å². The summed E-state index contributed by atoms with van der Waals surface area (Å²) in [6, 6.07) is 11.1. The molecule has 2 aliphatic heterocycles. The molecule has 2 unspecified atom stereocenters. The van der Waals surface area contributed by atoms with Crippen LogP contribution in [0.25, 0.3) is 0 Å². The molecule has 3 rings (SSSR count). The highest BCUT2D eigenvalue weighted by Gasteiger charge is 2.39. The lowest BCUT2D eigenvalue weighted by Gasteiger charge is -2.39. The number of nitrogens with one attached hydrogen (secondary N) is 1. The van der Waals surface area contributed by atoms with E-state index in [1.165, 1.54) is 35.7 Å². The molecule has 0 amide bonds. The smallest absolute Gasteiger partial charge is 0.0240 e. The van der Waals surface area contributed by atoms with E-state index in [9.17, 15) is 0 Å². The molecule has 2 bridgehead atoms. The Morgan fingerprint density at radius 2 is 2.00 bits per heavy atom. The molecule has 0 radical (unpaired) electrons. The molecule has 0 saturated carbocycles. The van der Waals surface area contributed by atoms with Gasteiger partial charge in [0.1, 0.15) is 0 Å². The monoisotopic (exact) mass is 308 g/mol. The van der Waals surface area contributed by atoms with E-state index >= 15 is 0 Å². The first-order valence-corrected chi connectivity index (χ1v) is 7.73. The molecule has 1 N–H and O–H groups in total. The largest absolute Gasteiger partial charge is 0.317 e. The van der Waals surface area contributed by atoms with Crippen LogP contribution in [0.3, 0.4) is 0 Å². The van der Waals surface area contributed by atoms with Crippen LogP contribution in [0.4, 0.5) is 0 Å². The predicted octanol–water partition coefficient (Wildman–Crippen LogP) is 3.16. The lowest BCUT2D eigenvalue weighted by molar-refractivity contribution is 0.111. The maximum absolute atomic E-state index is 3.57. The van der Waals surface area contributed by atoms with Crippen molar-refractivity contribution in [1.82, 2.24) is 10.2 Å². The van der Waals surface area contributed by atoms with Gasteiger partial charge in [-0.2, -0.15) is 0 Å². The van der Waals surface area contributed by atoms with Crippen molar-refractivity contribution in [3.63, 3.8) is 0 Å². The van der Waals surface area contributed by atoms with Crippen LogP contribution in [0.15, 0.2) is 28.7 Å². The quantitative estimate of drug-likeness (QED) is 0.922. The van der Waals surface area contributed by atoms with Gasteiger partial charge in [0.15, 0.2) is 0 Å². The average Bonchev–Trinajstić information content (AvgIpc) is 2.62. The summed E-state index contributed by atoms with van der Waals surface area (Å²) in [6.45, 7) is 1.12. The number of nitrogens with zero attached hydrogens (tertiary/aromatic N) is 1. The Balaban J connectivity index is 1.71. The fraction of sp³-hybridized carbons (Fsp3) is 0.600. The van der Waals surface area contributed by atoms with Gasteiger partial charge in [-0.15, -0.1) is 0 Å². The lowest BCUT2D eigenvalue weighted by atomic mass is 9.97. The van der Waals surface area contributed by atoms with E-state index < -0.39 is 0 Å². The van der Waals surface area contributed by atoms with Crippen molar-refractivity contribution < 1.29 is 0 Å². The second kappa shape index (κ2) is 5.32. The zero-order chi connectivity index (χ0) is 12.5. The SMILES string of the molecule is CNC1CC2CCC(C1)N2Cc1cccc(Br)c1. The highest BCUT2D eigenvalue weighted by atomic mass is 79.9. The van der Waals surface area contributed by atoms with Crippen LogP contribution in [0.1, 0.15) is 31.2 Å². The maximum Gasteiger partial charge on any atom is 0.0240 e. The Kier molecular flexibility index (Phi) is 3.73.